The van der Waals surface area contributed by atoms with Gasteiger partial charge in [-0.15, -0.1) is 0 Å². The van der Waals surface area contributed by atoms with Crippen molar-refractivity contribution in [3.8, 4) is 0 Å². The molecule has 2 N–H and O–H groups in total. The van der Waals surface area contributed by atoms with E-state index in [0.717, 1.165) is 5.56 Å². The molecule has 0 fully saturated rings. The van der Waals surface area contributed by atoms with Crippen molar-refractivity contribution in [1.29, 1.82) is 0 Å². The van der Waals surface area contributed by atoms with Crippen molar-refractivity contribution in [3.05, 3.63) is 107 Å². The summed E-state index contributed by atoms with van der Waals surface area (Å²) in [4.78, 5) is 37.5. The lowest BCUT2D eigenvalue weighted by Crippen LogP contribution is -2.33. The van der Waals surface area contributed by atoms with Crippen LogP contribution in [-0.4, -0.2) is 22.6 Å². The molecule has 3 aromatic rings. The van der Waals surface area contributed by atoms with Gasteiger partial charge in [0.2, 0.25) is 5.91 Å². The van der Waals surface area contributed by atoms with Crippen LogP contribution >= 0.6 is 12.2 Å². The average molecular weight is 412 g/mol. The number of thiocarbonyl (C=S) groups is 1. The highest BCUT2D eigenvalue weighted by atomic mass is 32.1. The summed E-state index contributed by atoms with van der Waals surface area (Å²) in [6.07, 6.45) is 3.06. The molecule has 0 atom stereocenters. The molecule has 146 valence electrons. The molecule has 0 saturated heterocycles. The molecule has 1 aliphatic rings. The zero-order chi connectivity index (χ0) is 21.1. The largest absolute Gasteiger partial charge is 0.332 e. The number of carbonyl (C=O) groups is 3. The topological polar surface area (TPSA) is 75.3 Å². The van der Waals surface area contributed by atoms with Crippen LogP contribution in [0.25, 0.3) is 6.08 Å². The first-order valence-corrected chi connectivity index (χ1v) is 9.61. The number of fused-ring (bicyclic) bond motifs is 2. The molecule has 0 bridgehead atoms. The van der Waals surface area contributed by atoms with Crippen molar-refractivity contribution >= 4 is 46.6 Å². The zero-order valence-electron chi connectivity index (χ0n) is 15.7. The normalized spacial score (nSPS) is 12.3. The summed E-state index contributed by atoms with van der Waals surface area (Å²) >= 11 is 5.18. The lowest BCUT2D eigenvalue weighted by Gasteiger charge is -2.18. The Hall–Kier alpha value is -3.90. The second-order valence-electron chi connectivity index (χ2n) is 6.65. The third-order valence-corrected chi connectivity index (χ3v) is 4.85. The fraction of sp³-hybridized carbons (Fsp3) is 0. The van der Waals surface area contributed by atoms with Crippen LogP contribution in [0.2, 0.25) is 0 Å². The highest BCUT2D eigenvalue weighted by Crippen LogP contribution is 2.29. The molecule has 1 aliphatic carbocycles. The third kappa shape index (κ3) is 3.94. The van der Waals surface area contributed by atoms with Crippen molar-refractivity contribution in [2.75, 3.05) is 5.32 Å². The minimum atomic E-state index is -0.380. The first-order valence-electron chi connectivity index (χ1n) is 9.20. The lowest BCUT2D eigenvalue weighted by atomic mass is 9.84. The van der Waals surface area contributed by atoms with Crippen LogP contribution in [-0.2, 0) is 4.79 Å². The van der Waals surface area contributed by atoms with E-state index < -0.39 is 0 Å². The first kappa shape index (κ1) is 19.4. The van der Waals surface area contributed by atoms with Gasteiger partial charge in [-0.3, -0.25) is 19.7 Å². The second-order valence-corrected chi connectivity index (χ2v) is 7.06. The Kier molecular flexibility index (Phi) is 5.32. The Morgan fingerprint density at radius 3 is 2.07 bits per heavy atom. The van der Waals surface area contributed by atoms with Crippen molar-refractivity contribution < 1.29 is 14.4 Å². The number of amides is 1. The maximum Gasteiger partial charge on any atom is 0.250 e. The maximum absolute atomic E-state index is 12.8. The van der Waals surface area contributed by atoms with Gasteiger partial charge in [0.15, 0.2) is 16.7 Å². The third-order valence-electron chi connectivity index (χ3n) is 4.65. The van der Waals surface area contributed by atoms with Gasteiger partial charge in [-0.25, -0.2) is 0 Å². The van der Waals surface area contributed by atoms with E-state index in [1.165, 1.54) is 6.08 Å². The molecule has 0 radical (unpaired) electrons. The highest BCUT2D eigenvalue weighted by molar-refractivity contribution is 7.80. The van der Waals surface area contributed by atoms with E-state index in [4.69, 9.17) is 12.2 Å². The molecule has 1 amide bonds. The molecule has 6 heteroatoms. The summed E-state index contributed by atoms with van der Waals surface area (Å²) in [7, 11) is 0. The molecule has 30 heavy (non-hydrogen) atoms. The molecule has 0 unspecified atom stereocenters. The van der Waals surface area contributed by atoms with Crippen LogP contribution in [0.15, 0.2) is 78.9 Å². The van der Waals surface area contributed by atoms with Gasteiger partial charge in [0, 0.05) is 34.0 Å². The van der Waals surface area contributed by atoms with Crippen molar-refractivity contribution in [2.24, 2.45) is 0 Å². The Morgan fingerprint density at radius 2 is 1.37 bits per heavy atom. The number of hydrogen-bond donors (Lipinski definition) is 2. The van der Waals surface area contributed by atoms with E-state index in [0.29, 0.717) is 27.9 Å². The standard InChI is InChI=1S/C24H16N2O3S/c27-21(13-10-15-6-2-1-3-7-15)26-24(30)25-16-11-12-19-20(14-16)23(29)18-9-5-4-8-17(18)22(19)28/h1-14H,(H2,25,26,27,30)/b13-10+. The summed E-state index contributed by atoms with van der Waals surface area (Å²) in [5.74, 6) is -0.784. The minimum absolute atomic E-state index is 0.0904. The van der Waals surface area contributed by atoms with Crippen LogP contribution < -0.4 is 10.6 Å². The number of rotatable bonds is 3. The van der Waals surface area contributed by atoms with Gasteiger partial charge in [0.05, 0.1) is 0 Å². The molecule has 0 saturated carbocycles. The Labute approximate surface area is 178 Å². The lowest BCUT2D eigenvalue weighted by molar-refractivity contribution is -0.115. The number of carbonyl (C=O) groups excluding carboxylic acids is 3. The van der Waals surface area contributed by atoms with Gasteiger partial charge in [-0.1, -0.05) is 54.6 Å². The number of hydrogen-bond acceptors (Lipinski definition) is 4. The number of anilines is 1. The summed E-state index contributed by atoms with van der Waals surface area (Å²) < 4.78 is 0. The molecule has 0 aliphatic heterocycles. The Balaban J connectivity index is 1.46. The fourth-order valence-electron chi connectivity index (χ4n) is 3.23. The first-order chi connectivity index (χ1) is 14.5. The zero-order valence-corrected chi connectivity index (χ0v) is 16.5. The number of ketones is 2. The van der Waals surface area contributed by atoms with E-state index in [-0.39, 0.29) is 22.6 Å². The predicted octanol–water partition coefficient (Wildman–Crippen LogP) is 3.99. The average Bonchev–Trinajstić information content (AvgIpc) is 2.76. The summed E-state index contributed by atoms with van der Waals surface area (Å²) in [6, 6.07) is 21.0. The quantitative estimate of drug-likeness (QED) is 0.393. The van der Waals surface area contributed by atoms with E-state index in [1.54, 1.807) is 48.5 Å². The van der Waals surface area contributed by atoms with Gasteiger partial charge < -0.3 is 5.32 Å². The van der Waals surface area contributed by atoms with E-state index in [9.17, 15) is 14.4 Å². The van der Waals surface area contributed by atoms with Crippen LogP contribution in [0.3, 0.4) is 0 Å². The Morgan fingerprint density at radius 1 is 0.767 bits per heavy atom. The minimum Gasteiger partial charge on any atom is -0.332 e. The van der Waals surface area contributed by atoms with Crippen LogP contribution in [0.1, 0.15) is 37.4 Å². The molecule has 0 aromatic heterocycles. The van der Waals surface area contributed by atoms with E-state index in [1.807, 2.05) is 30.3 Å². The van der Waals surface area contributed by atoms with Crippen LogP contribution in [0, 0.1) is 0 Å². The van der Waals surface area contributed by atoms with E-state index in [2.05, 4.69) is 10.6 Å². The smallest absolute Gasteiger partial charge is 0.250 e. The molecule has 5 nitrogen and oxygen atoms in total. The van der Waals surface area contributed by atoms with Crippen molar-refractivity contribution in [1.82, 2.24) is 5.32 Å². The van der Waals surface area contributed by atoms with Crippen molar-refractivity contribution in [2.45, 2.75) is 0 Å². The number of benzene rings is 3. The highest BCUT2D eigenvalue weighted by Gasteiger charge is 2.29. The van der Waals surface area contributed by atoms with Gasteiger partial charge in [0.25, 0.3) is 0 Å². The summed E-state index contributed by atoms with van der Waals surface area (Å²) in [5, 5.41) is 5.53. The van der Waals surface area contributed by atoms with Crippen molar-refractivity contribution in [3.63, 3.8) is 0 Å². The molecule has 4 rings (SSSR count). The summed E-state index contributed by atoms with van der Waals surface area (Å²) in [6.45, 7) is 0. The monoisotopic (exact) mass is 412 g/mol. The van der Waals surface area contributed by atoms with Gasteiger partial charge in [-0.05, 0) is 42.1 Å². The Bertz CT molecular complexity index is 1220. The predicted molar refractivity (Wildman–Crippen MR) is 120 cm³/mol. The van der Waals surface area contributed by atoms with Crippen LogP contribution in [0.5, 0.6) is 0 Å². The fourth-order valence-corrected chi connectivity index (χ4v) is 3.45. The molecule has 0 heterocycles. The molecular formula is C24H16N2O3S. The second kappa shape index (κ2) is 8.23. The van der Waals surface area contributed by atoms with E-state index >= 15 is 0 Å². The number of nitrogens with one attached hydrogen (secondary N) is 2. The van der Waals surface area contributed by atoms with Gasteiger partial charge in [0.1, 0.15) is 0 Å². The molecular weight excluding hydrogens is 396 g/mol. The van der Waals surface area contributed by atoms with Gasteiger partial charge >= 0.3 is 0 Å². The SMILES string of the molecule is O=C(/C=C/c1ccccc1)NC(=S)Nc1ccc2c(c1)C(=O)c1ccccc1C2=O. The molecule has 0 spiro atoms. The summed E-state index contributed by atoms with van der Waals surface area (Å²) in [5.41, 5.74) is 2.85. The molecule has 3 aromatic carbocycles. The maximum atomic E-state index is 12.8. The van der Waals surface area contributed by atoms with Crippen LogP contribution in [0.4, 0.5) is 5.69 Å². The van der Waals surface area contributed by atoms with Gasteiger partial charge in [-0.2, -0.15) is 0 Å².